The Balaban J connectivity index is 0.00000176. The number of hydrogen-bond donors (Lipinski definition) is 1. The molecular formula is C17H26ClN3O. The summed E-state index contributed by atoms with van der Waals surface area (Å²) in [4.78, 5) is 16.8. The van der Waals surface area contributed by atoms with Gasteiger partial charge in [-0.05, 0) is 44.4 Å². The number of para-hydroxylation sites is 1. The van der Waals surface area contributed by atoms with Gasteiger partial charge >= 0.3 is 0 Å². The molecule has 2 aliphatic heterocycles. The molecule has 2 heterocycles. The summed E-state index contributed by atoms with van der Waals surface area (Å²) in [5.41, 5.74) is 1.00. The van der Waals surface area contributed by atoms with Gasteiger partial charge in [0.15, 0.2) is 0 Å². The zero-order valence-corrected chi connectivity index (χ0v) is 14.0. The molecule has 0 saturated carbocycles. The number of carbonyl (C=O) groups is 1. The summed E-state index contributed by atoms with van der Waals surface area (Å²) in [6.45, 7) is 6.55. The Bertz CT molecular complexity index is 482. The lowest BCUT2D eigenvalue weighted by Gasteiger charge is -2.35. The SMILES string of the molecule is CCN(C(=O)CN1CCC2NCCC2C1)c1ccccc1.Cl. The Kier molecular flexibility index (Phi) is 6.24. The molecule has 2 aliphatic rings. The number of fused-ring (bicyclic) bond motifs is 1. The number of nitrogens with one attached hydrogen (secondary N) is 1. The second-order valence-corrected chi connectivity index (χ2v) is 6.11. The van der Waals surface area contributed by atoms with E-state index in [1.807, 2.05) is 42.2 Å². The van der Waals surface area contributed by atoms with Gasteiger partial charge in [0.05, 0.1) is 6.54 Å². The van der Waals surface area contributed by atoms with E-state index in [-0.39, 0.29) is 18.3 Å². The van der Waals surface area contributed by atoms with Gasteiger partial charge in [0.1, 0.15) is 0 Å². The second-order valence-electron chi connectivity index (χ2n) is 6.11. The number of amides is 1. The zero-order chi connectivity index (χ0) is 14.7. The minimum Gasteiger partial charge on any atom is -0.314 e. The van der Waals surface area contributed by atoms with Crippen LogP contribution in [0, 0.1) is 5.92 Å². The first kappa shape index (κ1) is 17.3. The van der Waals surface area contributed by atoms with E-state index in [1.165, 1.54) is 12.8 Å². The number of likely N-dealkylation sites (N-methyl/N-ethyl adjacent to an activating group) is 1. The van der Waals surface area contributed by atoms with E-state index < -0.39 is 0 Å². The lowest BCUT2D eigenvalue weighted by molar-refractivity contribution is -0.120. The Labute approximate surface area is 139 Å². The highest BCUT2D eigenvalue weighted by Crippen LogP contribution is 2.24. The molecule has 2 atom stereocenters. The predicted molar refractivity (Wildman–Crippen MR) is 92.7 cm³/mol. The number of benzene rings is 1. The van der Waals surface area contributed by atoms with Gasteiger partial charge in [-0.3, -0.25) is 9.69 Å². The van der Waals surface area contributed by atoms with E-state index in [2.05, 4.69) is 10.2 Å². The van der Waals surface area contributed by atoms with Crippen molar-refractivity contribution in [3.05, 3.63) is 30.3 Å². The van der Waals surface area contributed by atoms with Crippen molar-refractivity contribution in [2.24, 2.45) is 5.92 Å². The topological polar surface area (TPSA) is 35.6 Å². The summed E-state index contributed by atoms with van der Waals surface area (Å²) in [5.74, 6) is 0.950. The van der Waals surface area contributed by atoms with E-state index in [0.717, 1.165) is 37.8 Å². The Morgan fingerprint density at radius 1 is 1.32 bits per heavy atom. The summed E-state index contributed by atoms with van der Waals surface area (Å²) < 4.78 is 0. The standard InChI is InChI=1S/C17H25N3O.ClH/c1-2-20(15-6-4-3-5-7-15)17(21)13-19-11-9-16-14(12-19)8-10-18-16;/h3-7,14,16,18H,2,8-13H2,1H3;1H. The van der Waals surface area contributed by atoms with Crippen molar-refractivity contribution in [2.45, 2.75) is 25.8 Å². The van der Waals surface area contributed by atoms with E-state index in [1.54, 1.807) is 0 Å². The van der Waals surface area contributed by atoms with Gasteiger partial charge in [0.25, 0.3) is 0 Å². The fraction of sp³-hybridized carbons (Fsp3) is 0.588. The molecule has 0 aromatic heterocycles. The third-order valence-electron chi connectivity index (χ3n) is 4.78. The number of anilines is 1. The van der Waals surface area contributed by atoms with Crippen LogP contribution < -0.4 is 10.2 Å². The summed E-state index contributed by atoms with van der Waals surface area (Å²) in [5, 5.41) is 3.57. The maximum Gasteiger partial charge on any atom is 0.241 e. The van der Waals surface area contributed by atoms with Crippen LogP contribution >= 0.6 is 12.4 Å². The quantitative estimate of drug-likeness (QED) is 0.922. The van der Waals surface area contributed by atoms with Crippen molar-refractivity contribution in [1.29, 1.82) is 0 Å². The molecule has 1 N–H and O–H groups in total. The number of likely N-dealkylation sites (tertiary alicyclic amines) is 1. The molecule has 1 aromatic carbocycles. The molecule has 0 radical (unpaired) electrons. The molecule has 3 rings (SSSR count). The monoisotopic (exact) mass is 323 g/mol. The zero-order valence-electron chi connectivity index (χ0n) is 13.2. The molecule has 4 nitrogen and oxygen atoms in total. The first-order chi connectivity index (χ1) is 10.3. The molecule has 2 unspecified atom stereocenters. The minimum atomic E-state index is 0. The van der Waals surface area contributed by atoms with Gasteiger partial charge in [0.2, 0.25) is 5.91 Å². The maximum absolute atomic E-state index is 12.6. The van der Waals surface area contributed by atoms with Crippen molar-refractivity contribution in [2.75, 3.05) is 37.6 Å². The average molecular weight is 324 g/mol. The molecule has 0 spiro atoms. The molecule has 2 fully saturated rings. The molecular weight excluding hydrogens is 298 g/mol. The molecule has 0 aliphatic carbocycles. The van der Waals surface area contributed by atoms with Crippen LogP contribution in [0.4, 0.5) is 5.69 Å². The van der Waals surface area contributed by atoms with Gasteiger partial charge in [-0.25, -0.2) is 0 Å². The number of halogens is 1. The van der Waals surface area contributed by atoms with Crippen molar-refractivity contribution < 1.29 is 4.79 Å². The van der Waals surface area contributed by atoms with Crippen LogP contribution in [0.5, 0.6) is 0 Å². The van der Waals surface area contributed by atoms with Crippen LogP contribution in [-0.4, -0.2) is 49.6 Å². The third-order valence-corrected chi connectivity index (χ3v) is 4.78. The van der Waals surface area contributed by atoms with Gasteiger partial charge in [0, 0.05) is 31.4 Å². The van der Waals surface area contributed by atoms with Crippen molar-refractivity contribution in [1.82, 2.24) is 10.2 Å². The lowest BCUT2D eigenvalue weighted by atomic mass is 9.93. The van der Waals surface area contributed by atoms with Gasteiger partial charge in [-0.1, -0.05) is 18.2 Å². The van der Waals surface area contributed by atoms with Crippen LogP contribution in [0.2, 0.25) is 0 Å². The van der Waals surface area contributed by atoms with E-state index in [0.29, 0.717) is 12.6 Å². The van der Waals surface area contributed by atoms with Crippen LogP contribution in [0.25, 0.3) is 0 Å². The van der Waals surface area contributed by atoms with E-state index in [9.17, 15) is 4.79 Å². The summed E-state index contributed by atoms with van der Waals surface area (Å²) in [6, 6.07) is 10.7. The molecule has 122 valence electrons. The Hall–Kier alpha value is -1.10. The molecule has 2 saturated heterocycles. The lowest BCUT2D eigenvalue weighted by Crippen LogP contribution is -2.48. The predicted octanol–water partition coefficient (Wildman–Crippen LogP) is 2.15. The molecule has 1 aromatic rings. The van der Waals surface area contributed by atoms with Crippen LogP contribution in [-0.2, 0) is 4.79 Å². The first-order valence-corrected chi connectivity index (χ1v) is 8.09. The molecule has 1 amide bonds. The largest absolute Gasteiger partial charge is 0.314 e. The molecule has 22 heavy (non-hydrogen) atoms. The summed E-state index contributed by atoms with van der Waals surface area (Å²) >= 11 is 0. The smallest absolute Gasteiger partial charge is 0.241 e. The Morgan fingerprint density at radius 3 is 2.82 bits per heavy atom. The van der Waals surface area contributed by atoms with Crippen molar-refractivity contribution in [3.8, 4) is 0 Å². The molecule has 0 bridgehead atoms. The van der Waals surface area contributed by atoms with Gasteiger partial charge < -0.3 is 10.2 Å². The number of nitrogens with zero attached hydrogens (tertiary/aromatic N) is 2. The summed E-state index contributed by atoms with van der Waals surface area (Å²) in [7, 11) is 0. The highest BCUT2D eigenvalue weighted by molar-refractivity contribution is 5.94. The Morgan fingerprint density at radius 2 is 2.09 bits per heavy atom. The van der Waals surface area contributed by atoms with E-state index in [4.69, 9.17) is 0 Å². The maximum atomic E-state index is 12.6. The fourth-order valence-corrected chi connectivity index (χ4v) is 3.65. The number of rotatable bonds is 4. The second kappa shape index (κ2) is 7.95. The minimum absolute atomic E-state index is 0. The highest BCUT2D eigenvalue weighted by Gasteiger charge is 2.33. The summed E-state index contributed by atoms with van der Waals surface area (Å²) in [6.07, 6.45) is 2.43. The van der Waals surface area contributed by atoms with Crippen LogP contribution in [0.15, 0.2) is 30.3 Å². The fourth-order valence-electron chi connectivity index (χ4n) is 3.65. The van der Waals surface area contributed by atoms with Crippen LogP contribution in [0.3, 0.4) is 0 Å². The van der Waals surface area contributed by atoms with Crippen molar-refractivity contribution in [3.63, 3.8) is 0 Å². The van der Waals surface area contributed by atoms with Crippen LogP contribution in [0.1, 0.15) is 19.8 Å². The van der Waals surface area contributed by atoms with Crippen molar-refractivity contribution >= 4 is 24.0 Å². The van der Waals surface area contributed by atoms with E-state index >= 15 is 0 Å². The highest BCUT2D eigenvalue weighted by atomic mass is 35.5. The molecule has 5 heteroatoms. The average Bonchev–Trinajstić information content (AvgIpc) is 2.96. The number of carbonyl (C=O) groups excluding carboxylic acids is 1. The number of piperidine rings is 1. The first-order valence-electron chi connectivity index (χ1n) is 8.09. The third kappa shape index (κ3) is 3.80. The normalized spacial score (nSPS) is 24.4. The number of hydrogen-bond acceptors (Lipinski definition) is 3. The van der Waals surface area contributed by atoms with Gasteiger partial charge in [-0.15, -0.1) is 12.4 Å². The van der Waals surface area contributed by atoms with Gasteiger partial charge in [-0.2, -0.15) is 0 Å².